The van der Waals surface area contributed by atoms with E-state index in [9.17, 15) is 5.11 Å². The van der Waals surface area contributed by atoms with Crippen LogP contribution in [0.25, 0.3) is 11.4 Å². The van der Waals surface area contributed by atoms with Crippen LogP contribution in [0.4, 0.5) is 0 Å². The fourth-order valence-electron chi connectivity index (χ4n) is 2.28. The Morgan fingerprint density at radius 1 is 1.35 bits per heavy atom. The molecule has 0 bridgehead atoms. The molecule has 3 aromatic rings. The van der Waals surface area contributed by atoms with Crippen molar-refractivity contribution in [1.82, 2.24) is 14.9 Å². The van der Waals surface area contributed by atoms with E-state index in [0.29, 0.717) is 39.4 Å². The minimum absolute atomic E-state index is 0.000751. The molecule has 0 radical (unpaired) electrons. The lowest BCUT2D eigenvalue weighted by molar-refractivity contribution is 0.318. The van der Waals surface area contributed by atoms with Gasteiger partial charge in [-0.2, -0.15) is 14.9 Å². The van der Waals surface area contributed by atoms with E-state index in [-0.39, 0.29) is 10.5 Å². The standard InChI is InChI=1S/C17H14Cl2N4O2S/c1-2-25-14-5-3-4-10(15(14)24)9-20-23-16(21-22-17(23)26)12-7-6-11(18)8-13(12)19/h3-9,24H,2H2,1H3,(H,22,26)/b20-9+. The van der Waals surface area contributed by atoms with E-state index in [0.717, 1.165) is 0 Å². The number of ether oxygens (including phenoxy) is 1. The number of H-pyrrole nitrogens is 1. The molecule has 2 N–H and O–H groups in total. The number of hydrogen-bond donors (Lipinski definition) is 2. The lowest BCUT2D eigenvalue weighted by Crippen LogP contribution is -1.97. The molecule has 26 heavy (non-hydrogen) atoms. The first kappa shape index (κ1) is 18.4. The summed E-state index contributed by atoms with van der Waals surface area (Å²) in [6.45, 7) is 2.29. The largest absolute Gasteiger partial charge is 0.504 e. The maximum Gasteiger partial charge on any atom is 0.216 e. The van der Waals surface area contributed by atoms with Crippen LogP contribution in [0.1, 0.15) is 12.5 Å². The zero-order chi connectivity index (χ0) is 18.7. The van der Waals surface area contributed by atoms with Crippen LogP contribution in [0.5, 0.6) is 11.5 Å². The molecule has 0 amide bonds. The van der Waals surface area contributed by atoms with E-state index in [2.05, 4.69) is 15.3 Å². The highest BCUT2D eigenvalue weighted by atomic mass is 35.5. The van der Waals surface area contributed by atoms with Crippen LogP contribution in [0.2, 0.25) is 10.0 Å². The fraction of sp³-hybridized carbons (Fsp3) is 0.118. The van der Waals surface area contributed by atoms with Gasteiger partial charge in [0.2, 0.25) is 4.77 Å². The van der Waals surface area contributed by atoms with Gasteiger partial charge in [0.05, 0.1) is 17.8 Å². The summed E-state index contributed by atoms with van der Waals surface area (Å²) >= 11 is 17.4. The molecule has 0 spiro atoms. The van der Waals surface area contributed by atoms with Gasteiger partial charge in [0.1, 0.15) is 0 Å². The summed E-state index contributed by atoms with van der Waals surface area (Å²) < 4.78 is 7.06. The van der Waals surface area contributed by atoms with E-state index in [1.807, 2.05) is 6.92 Å². The molecule has 0 aliphatic heterocycles. The number of phenolic OH excluding ortho intramolecular Hbond substituents is 1. The van der Waals surface area contributed by atoms with Crippen molar-refractivity contribution in [2.45, 2.75) is 6.92 Å². The molecule has 0 saturated carbocycles. The molecule has 134 valence electrons. The topological polar surface area (TPSA) is 75.4 Å². The average Bonchev–Trinajstić information content (AvgIpc) is 2.96. The lowest BCUT2D eigenvalue weighted by atomic mass is 10.2. The van der Waals surface area contributed by atoms with Gasteiger partial charge in [-0.25, -0.2) is 5.10 Å². The third kappa shape index (κ3) is 3.75. The minimum atomic E-state index is -0.000751. The van der Waals surface area contributed by atoms with Crippen molar-refractivity contribution in [2.24, 2.45) is 5.10 Å². The molecule has 0 aliphatic rings. The van der Waals surface area contributed by atoms with E-state index in [1.54, 1.807) is 36.4 Å². The molecule has 2 aromatic carbocycles. The van der Waals surface area contributed by atoms with Crippen molar-refractivity contribution in [3.63, 3.8) is 0 Å². The summed E-state index contributed by atoms with van der Waals surface area (Å²) in [4.78, 5) is 0. The maximum atomic E-state index is 10.3. The van der Waals surface area contributed by atoms with Crippen molar-refractivity contribution in [3.8, 4) is 22.9 Å². The van der Waals surface area contributed by atoms with Crippen molar-refractivity contribution >= 4 is 41.6 Å². The number of aromatic hydroxyl groups is 1. The van der Waals surface area contributed by atoms with Crippen molar-refractivity contribution in [2.75, 3.05) is 6.61 Å². The van der Waals surface area contributed by atoms with Crippen LogP contribution >= 0.6 is 35.4 Å². The van der Waals surface area contributed by atoms with Gasteiger partial charge in [-0.05, 0) is 49.5 Å². The predicted octanol–water partition coefficient (Wildman–Crippen LogP) is 4.90. The van der Waals surface area contributed by atoms with Crippen molar-refractivity contribution in [3.05, 3.63) is 56.8 Å². The predicted molar refractivity (Wildman–Crippen MR) is 105 cm³/mol. The molecule has 9 heteroatoms. The highest BCUT2D eigenvalue weighted by Crippen LogP contribution is 2.30. The Bertz CT molecular complexity index is 1030. The summed E-state index contributed by atoms with van der Waals surface area (Å²) in [5.74, 6) is 0.806. The zero-order valence-corrected chi connectivity index (χ0v) is 15.9. The van der Waals surface area contributed by atoms with Gasteiger partial charge < -0.3 is 9.84 Å². The minimum Gasteiger partial charge on any atom is -0.504 e. The van der Waals surface area contributed by atoms with Crippen LogP contribution in [0.3, 0.4) is 0 Å². The third-order valence-corrected chi connectivity index (χ3v) is 4.28. The normalized spacial score (nSPS) is 11.2. The number of hydrogen-bond acceptors (Lipinski definition) is 5. The monoisotopic (exact) mass is 408 g/mol. The number of rotatable bonds is 5. The van der Waals surface area contributed by atoms with Gasteiger partial charge in [0.15, 0.2) is 17.3 Å². The zero-order valence-electron chi connectivity index (χ0n) is 13.6. The molecule has 3 rings (SSSR count). The second-order valence-electron chi connectivity index (χ2n) is 5.16. The number of nitrogens with one attached hydrogen (secondary N) is 1. The maximum absolute atomic E-state index is 10.3. The summed E-state index contributed by atoms with van der Waals surface area (Å²) in [5, 5.41) is 22.4. The second kappa shape index (κ2) is 7.90. The lowest BCUT2D eigenvalue weighted by Gasteiger charge is -2.07. The first-order valence-electron chi connectivity index (χ1n) is 7.63. The number of aromatic amines is 1. The number of phenols is 1. The van der Waals surface area contributed by atoms with E-state index in [1.165, 1.54) is 10.9 Å². The Morgan fingerprint density at radius 2 is 2.15 bits per heavy atom. The molecule has 0 unspecified atom stereocenters. The van der Waals surface area contributed by atoms with Crippen molar-refractivity contribution in [1.29, 1.82) is 0 Å². The number of aromatic nitrogens is 3. The Labute approximate surface area is 164 Å². The molecule has 0 atom stereocenters. The number of halogens is 2. The van der Waals surface area contributed by atoms with Crippen LogP contribution in [0.15, 0.2) is 41.5 Å². The Kier molecular flexibility index (Phi) is 5.61. The van der Waals surface area contributed by atoms with Gasteiger partial charge in [-0.3, -0.25) is 0 Å². The van der Waals surface area contributed by atoms with Gasteiger partial charge in [0, 0.05) is 16.1 Å². The van der Waals surface area contributed by atoms with Crippen LogP contribution < -0.4 is 4.74 Å². The molecular weight excluding hydrogens is 395 g/mol. The van der Waals surface area contributed by atoms with Gasteiger partial charge in [0.25, 0.3) is 0 Å². The number of nitrogens with zero attached hydrogens (tertiary/aromatic N) is 3. The summed E-state index contributed by atoms with van der Waals surface area (Å²) in [6.07, 6.45) is 1.47. The Balaban J connectivity index is 2.02. The first-order valence-corrected chi connectivity index (χ1v) is 8.79. The van der Waals surface area contributed by atoms with Gasteiger partial charge in [-0.1, -0.05) is 29.3 Å². The van der Waals surface area contributed by atoms with E-state index < -0.39 is 0 Å². The highest BCUT2D eigenvalue weighted by Gasteiger charge is 2.13. The summed E-state index contributed by atoms with van der Waals surface area (Å²) in [5.41, 5.74) is 1.10. The Morgan fingerprint density at radius 3 is 2.88 bits per heavy atom. The number of para-hydroxylation sites is 1. The molecule has 1 heterocycles. The number of benzene rings is 2. The molecule has 1 aromatic heterocycles. The summed E-state index contributed by atoms with van der Waals surface area (Å²) in [6, 6.07) is 10.2. The molecule has 0 saturated heterocycles. The quantitative estimate of drug-likeness (QED) is 0.464. The molecule has 0 aliphatic carbocycles. The molecule has 0 fully saturated rings. The third-order valence-electron chi connectivity index (χ3n) is 3.46. The highest BCUT2D eigenvalue weighted by molar-refractivity contribution is 7.71. The van der Waals surface area contributed by atoms with E-state index >= 15 is 0 Å². The second-order valence-corrected chi connectivity index (χ2v) is 6.39. The Hall–Kier alpha value is -2.35. The van der Waals surface area contributed by atoms with Crippen LogP contribution in [0, 0.1) is 4.77 Å². The molecular formula is C17H14Cl2N4O2S. The fourth-order valence-corrected chi connectivity index (χ4v) is 2.95. The summed E-state index contributed by atoms with van der Waals surface area (Å²) in [7, 11) is 0. The van der Waals surface area contributed by atoms with Gasteiger partial charge >= 0.3 is 0 Å². The molecule has 6 nitrogen and oxygen atoms in total. The van der Waals surface area contributed by atoms with Gasteiger partial charge in [-0.15, -0.1) is 0 Å². The van der Waals surface area contributed by atoms with Crippen molar-refractivity contribution < 1.29 is 9.84 Å². The van der Waals surface area contributed by atoms with Crippen LogP contribution in [-0.4, -0.2) is 32.8 Å². The van der Waals surface area contributed by atoms with E-state index in [4.69, 9.17) is 40.2 Å². The smallest absolute Gasteiger partial charge is 0.216 e. The SMILES string of the molecule is CCOc1cccc(/C=N/n2c(-c3ccc(Cl)cc3Cl)n[nH]c2=S)c1O. The first-order chi connectivity index (χ1) is 12.5. The average molecular weight is 409 g/mol. The van der Waals surface area contributed by atoms with Crippen LogP contribution in [-0.2, 0) is 0 Å².